The molecule has 1 saturated heterocycles. The Morgan fingerprint density at radius 2 is 1.81 bits per heavy atom. The number of thioether (sulfide) groups is 1. The SMILES string of the molecule is CCOc1ccc(NC(=O)CSC2=NC3(CCN(C)CC3)N=C2c2ccc(Br)cc2)cc1. The fourth-order valence-corrected chi connectivity index (χ4v) is 4.89. The van der Waals surface area contributed by atoms with E-state index in [9.17, 15) is 4.79 Å². The number of carbonyl (C=O) groups excluding carboxylic acids is 1. The van der Waals surface area contributed by atoms with E-state index in [2.05, 4.69) is 33.2 Å². The average Bonchev–Trinajstić information content (AvgIpc) is 3.15. The Labute approximate surface area is 201 Å². The van der Waals surface area contributed by atoms with E-state index in [-0.39, 0.29) is 11.7 Å². The number of likely N-dealkylation sites (tertiary alicyclic amines) is 1. The highest BCUT2D eigenvalue weighted by molar-refractivity contribution is 9.10. The smallest absolute Gasteiger partial charge is 0.234 e. The van der Waals surface area contributed by atoms with Crippen LogP contribution in [0.15, 0.2) is 63.0 Å². The summed E-state index contributed by atoms with van der Waals surface area (Å²) < 4.78 is 6.47. The number of amides is 1. The Bertz CT molecular complexity index is 1010. The Hall–Kier alpha value is -2.16. The van der Waals surface area contributed by atoms with Crippen LogP contribution in [-0.2, 0) is 4.79 Å². The average molecular weight is 515 g/mol. The van der Waals surface area contributed by atoms with Gasteiger partial charge in [-0.2, -0.15) is 0 Å². The van der Waals surface area contributed by atoms with Gasteiger partial charge in [0.2, 0.25) is 5.91 Å². The Kier molecular flexibility index (Phi) is 7.33. The molecule has 2 aliphatic heterocycles. The molecule has 32 heavy (non-hydrogen) atoms. The van der Waals surface area contributed by atoms with Crippen LogP contribution in [0.2, 0.25) is 0 Å². The van der Waals surface area contributed by atoms with Gasteiger partial charge >= 0.3 is 0 Å². The summed E-state index contributed by atoms with van der Waals surface area (Å²) in [6, 6.07) is 15.5. The lowest BCUT2D eigenvalue weighted by Gasteiger charge is -2.33. The number of piperidine rings is 1. The summed E-state index contributed by atoms with van der Waals surface area (Å²) in [4.78, 5) is 25.1. The molecule has 6 nitrogen and oxygen atoms in total. The molecule has 4 rings (SSSR count). The molecule has 0 radical (unpaired) electrons. The predicted octanol–water partition coefficient (Wildman–Crippen LogP) is 4.84. The first-order valence-corrected chi connectivity index (χ1v) is 12.5. The van der Waals surface area contributed by atoms with Gasteiger partial charge in [0.15, 0.2) is 5.66 Å². The maximum Gasteiger partial charge on any atom is 0.234 e. The monoisotopic (exact) mass is 514 g/mol. The van der Waals surface area contributed by atoms with Crippen LogP contribution in [0.4, 0.5) is 5.69 Å². The molecule has 0 bridgehead atoms. The van der Waals surface area contributed by atoms with Gasteiger partial charge in [-0.25, -0.2) is 4.99 Å². The molecular formula is C24H27BrN4O2S. The first-order valence-electron chi connectivity index (χ1n) is 10.8. The van der Waals surface area contributed by atoms with Crippen molar-refractivity contribution < 1.29 is 9.53 Å². The van der Waals surface area contributed by atoms with E-state index in [0.29, 0.717) is 6.61 Å². The number of nitrogens with one attached hydrogen (secondary N) is 1. The molecular weight excluding hydrogens is 488 g/mol. The number of nitrogens with zero attached hydrogens (tertiary/aromatic N) is 3. The van der Waals surface area contributed by atoms with E-state index in [1.165, 1.54) is 11.8 Å². The number of ether oxygens (including phenoxy) is 1. The van der Waals surface area contributed by atoms with Crippen molar-refractivity contribution in [2.75, 3.05) is 37.8 Å². The van der Waals surface area contributed by atoms with E-state index in [0.717, 1.165) is 58.2 Å². The highest BCUT2D eigenvalue weighted by atomic mass is 79.9. The van der Waals surface area contributed by atoms with E-state index >= 15 is 0 Å². The van der Waals surface area contributed by atoms with Crippen molar-refractivity contribution in [3.8, 4) is 5.75 Å². The van der Waals surface area contributed by atoms with Gasteiger partial charge in [0.05, 0.1) is 18.1 Å². The molecule has 2 aliphatic rings. The van der Waals surface area contributed by atoms with Crippen LogP contribution >= 0.6 is 27.7 Å². The van der Waals surface area contributed by atoms with Crippen molar-refractivity contribution in [1.29, 1.82) is 0 Å². The van der Waals surface area contributed by atoms with Crippen molar-refractivity contribution in [3.63, 3.8) is 0 Å². The zero-order valence-electron chi connectivity index (χ0n) is 18.3. The third kappa shape index (κ3) is 5.60. The summed E-state index contributed by atoms with van der Waals surface area (Å²) in [6.45, 7) is 4.50. The predicted molar refractivity (Wildman–Crippen MR) is 136 cm³/mol. The van der Waals surface area contributed by atoms with Gasteiger partial charge in [0.1, 0.15) is 10.8 Å². The lowest BCUT2D eigenvalue weighted by Crippen LogP contribution is -2.39. The van der Waals surface area contributed by atoms with Crippen LogP contribution in [0.25, 0.3) is 0 Å². The maximum atomic E-state index is 12.6. The summed E-state index contributed by atoms with van der Waals surface area (Å²) in [5, 5.41) is 3.80. The summed E-state index contributed by atoms with van der Waals surface area (Å²) in [5.41, 5.74) is 2.27. The van der Waals surface area contributed by atoms with E-state index < -0.39 is 5.66 Å². The molecule has 2 aromatic rings. The molecule has 2 aromatic carbocycles. The van der Waals surface area contributed by atoms with Gasteiger partial charge in [-0.3, -0.25) is 9.79 Å². The molecule has 1 amide bonds. The normalized spacial score (nSPS) is 17.7. The third-order valence-corrected chi connectivity index (χ3v) is 7.02. The second-order valence-corrected chi connectivity index (χ2v) is 9.84. The summed E-state index contributed by atoms with van der Waals surface area (Å²) >= 11 is 4.95. The second kappa shape index (κ2) is 10.2. The molecule has 0 atom stereocenters. The number of halogens is 1. The second-order valence-electron chi connectivity index (χ2n) is 7.96. The Balaban J connectivity index is 1.45. The quantitative estimate of drug-likeness (QED) is 0.598. The fraction of sp³-hybridized carbons (Fsp3) is 0.375. The lowest BCUT2D eigenvalue weighted by molar-refractivity contribution is -0.113. The molecule has 0 unspecified atom stereocenters. The largest absolute Gasteiger partial charge is 0.494 e. The third-order valence-electron chi connectivity index (χ3n) is 5.53. The van der Waals surface area contributed by atoms with E-state index in [4.69, 9.17) is 14.7 Å². The van der Waals surface area contributed by atoms with Crippen LogP contribution in [0.5, 0.6) is 5.75 Å². The molecule has 8 heteroatoms. The van der Waals surface area contributed by atoms with Crippen LogP contribution < -0.4 is 10.1 Å². The number of aliphatic imine (C=N–C) groups is 2. The number of rotatable bonds is 6. The lowest BCUT2D eigenvalue weighted by atomic mass is 9.99. The summed E-state index contributed by atoms with van der Waals surface area (Å²) in [6.07, 6.45) is 1.79. The number of anilines is 1. The van der Waals surface area contributed by atoms with E-state index in [1.807, 2.05) is 55.5 Å². The number of hydrogen-bond donors (Lipinski definition) is 1. The van der Waals surface area contributed by atoms with Crippen molar-refractivity contribution in [3.05, 3.63) is 58.6 Å². The van der Waals surface area contributed by atoms with E-state index in [1.54, 1.807) is 0 Å². The maximum absolute atomic E-state index is 12.6. The zero-order valence-corrected chi connectivity index (χ0v) is 20.7. The highest BCUT2D eigenvalue weighted by Gasteiger charge is 2.39. The van der Waals surface area contributed by atoms with Crippen LogP contribution in [0, 0.1) is 0 Å². The van der Waals surface area contributed by atoms with Gasteiger partial charge in [0, 0.05) is 41.7 Å². The molecule has 1 N–H and O–H groups in total. The minimum absolute atomic E-state index is 0.0682. The minimum Gasteiger partial charge on any atom is -0.494 e. The van der Waals surface area contributed by atoms with Gasteiger partial charge in [0.25, 0.3) is 0 Å². The Morgan fingerprint density at radius 3 is 2.47 bits per heavy atom. The molecule has 2 heterocycles. The van der Waals surface area contributed by atoms with Crippen LogP contribution in [-0.4, -0.2) is 59.7 Å². The Morgan fingerprint density at radius 1 is 1.12 bits per heavy atom. The van der Waals surface area contributed by atoms with Crippen molar-refractivity contribution in [2.45, 2.75) is 25.4 Å². The molecule has 0 aromatic heterocycles. The van der Waals surface area contributed by atoms with Gasteiger partial charge < -0.3 is 15.0 Å². The minimum atomic E-state index is -0.400. The van der Waals surface area contributed by atoms with Crippen molar-refractivity contribution >= 4 is 50.0 Å². The van der Waals surface area contributed by atoms with Crippen molar-refractivity contribution in [1.82, 2.24) is 4.90 Å². The molecule has 168 valence electrons. The number of benzene rings is 2. The molecule has 0 aliphatic carbocycles. The highest BCUT2D eigenvalue weighted by Crippen LogP contribution is 2.35. The van der Waals surface area contributed by atoms with Gasteiger partial charge in [-0.05, 0) is 50.4 Å². The van der Waals surface area contributed by atoms with Crippen molar-refractivity contribution in [2.24, 2.45) is 9.98 Å². The molecule has 0 saturated carbocycles. The zero-order chi connectivity index (χ0) is 22.6. The first kappa shape index (κ1) is 23.0. The molecule has 1 fully saturated rings. The fourth-order valence-electron chi connectivity index (χ4n) is 3.75. The summed E-state index contributed by atoms with van der Waals surface area (Å²) in [7, 11) is 2.13. The number of carbonyl (C=O) groups is 1. The first-order chi connectivity index (χ1) is 15.5. The van der Waals surface area contributed by atoms with Crippen LogP contribution in [0.1, 0.15) is 25.3 Å². The van der Waals surface area contributed by atoms with Gasteiger partial charge in [-0.15, -0.1) is 0 Å². The topological polar surface area (TPSA) is 66.3 Å². The summed E-state index contributed by atoms with van der Waals surface area (Å²) in [5.74, 6) is 0.998. The van der Waals surface area contributed by atoms with Gasteiger partial charge in [-0.1, -0.05) is 39.8 Å². The van der Waals surface area contributed by atoms with Crippen LogP contribution in [0.3, 0.4) is 0 Å². The molecule has 1 spiro atoms. The number of hydrogen-bond acceptors (Lipinski definition) is 6. The standard InChI is InChI=1S/C24H27BrN4O2S/c1-3-31-20-10-8-19(9-11-20)26-21(30)16-32-23-22(17-4-6-18(25)7-5-17)27-24(28-23)12-14-29(2)15-13-24/h4-11H,3,12-16H2,1-2H3,(H,26,30).